The molecule has 0 amide bonds. The molecule has 0 saturated heterocycles. The van der Waals surface area contributed by atoms with Gasteiger partial charge in [0, 0.05) is 20.6 Å². The van der Waals surface area contributed by atoms with Crippen LogP contribution in [0.1, 0.15) is 22.1 Å². The summed E-state index contributed by atoms with van der Waals surface area (Å²) in [5.41, 5.74) is 8.15. The Kier molecular flexibility index (Phi) is 3.33. The lowest BCUT2D eigenvalue weighted by molar-refractivity contribution is 0.221. The third-order valence-corrected chi connectivity index (χ3v) is 3.89. The molecule has 84 valence electrons. The number of nitrogens with two attached hydrogens (primary N) is 1. The Bertz CT molecular complexity index is 509. The van der Waals surface area contributed by atoms with Crippen LogP contribution >= 0.6 is 27.3 Å². The summed E-state index contributed by atoms with van der Waals surface area (Å²) < 4.78 is 0.920. The van der Waals surface area contributed by atoms with E-state index in [9.17, 15) is 5.11 Å². The van der Waals surface area contributed by atoms with Gasteiger partial charge in [-0.2, -0.15) is 0 Å². The summed E-state index contributed by atoms with van der Waals surface area (Å²) in [5.74, 6) is 0. The summed E-state index contributed by atoms with van der Waals surface area (Å²) in [5, 5.41) is 12.2. The minimum Gasteiger partial charge on any atom is -0.398 e. The highest BCUT2D eigenvalue weighted by Gasteiger charge is 2.16. The summed E-state index contributed by atoms with van der Waals surface area (Å²) in [4.78, 5) is 1.12. The zero-order valence-corrected chi connectivity index (χ0v) is 11.2. The van der Waals surface area contributed by atoms with E-state index in [2.05, 4.69) is 15.9 Å². The highest BCUT2D eigenvalue weighted by Crippen LogP contribution is 2.32. The molecule has 1 aromatic heterocycles. The molecule has 2 rings (SSSR count). The molecular weight excluding hydrogens is 286 g/mol. The third kappa shape index (κ3) is 2.14. The SMILES string of the molecule is Cc1sccc1C(O)c1cc(Br)ccc1N. The van der Waals surface area contributed by atoms with Crippen LogP contribution in [0.2, 0.25) is 0 Å². The Hall–Kier alpha value is -0.840. The van der Waals surface area contributed by atoms with Gasteiger partial charge in [0.25, 0.3) is 0 Å². The first-order valence-corrected chi connectivity index (χ1v) is 6.54. The number of hydrogen-bond donors (Lipinski definition) is 2. The van der Waals surface area contributed by atoms with Gasteiger partial charge in [0.05, 0.1) is 0 Å². The second-order valence-corrected chi connectivity index (χ2v) is 5.64. The fourth-order valence-corrected chi connectivity index (χ4v) is 2.74. The van der Waals surface area contributed by atoms with Gasteiger partial charge in [-0.15, -0.1) is 11.3 Å². The summed E-state index contributed by atoms with van der Waals surface area (Å²) in [7, 11) is 0. The number of anilines is 1. The van der Waals surface area contributed by atoms with Crippen LogP contribution in [-0.4, -0.2) is 5.11 Å². The molecule has 0 spiro atoms. The highest BCUT2D eigenvalue weighted by atomic mass is 79.9. The summed E-state index contributed by atoms with van der Waals surface area (Å²) in [6.45, 7) is 2.00. The lowest BCUT2D eigenvalue weighted by atomic mass is 10.0. The number of aryl methyl sites for hydroxylation is 1. The monoisotopic (exact) mass is 297 g/mol. The molecule has 1 unspecified atom stereocenters. The molecule has 1 aromatic carbocycles. The number of aliphatic hydroxyl groups excluding tert-OH is 1. The van der Waals surface area contributed by atoms with Crippen LogP contribution in [0.5, 0.6) is 0 Å². The Morgan fingerprint density at radius 3 is 2.69 bits per heavy atom. The van der Waals surface area contributed by atoms with Crippen molar-refractivity contribution in [2.75, 3.05) is 5.73 Å². The molecule has 0 fully saturated rings. The van der Waals surface area contributed by atoms with Crippen LogP contribution in [0.3, 0.4) is 0 Å². The minimum absolute atomic E-state index is 0.612. The first kappa shape index (κ1) is 11.6. The molecule has 3 N–H and O–H groups in total. The van der Waals surface area contributed by atoms with E-state index in [1.54, 1.807) is 17.4 Å². The standard InChI is InChI=1S/C12H12BrNOS/c1-7-9(4-5-16-7)12(15)10-6-8(13)2-3-11(10)14/h2-6,12,15H,14H2,1H3. The number of nitrogen functional groups attached to an aromatic ring is 1. The van der Waals surface area contributed by atoms with Gasteiger partial charge in [0.1, 0.15) is 6.10 Å². The van der Waals surface area contributed by atoms with E-state index in [0.29, 0.717) is 5.69 Å². The van der Waals surface area contributed by atoms with Crippen molar-refractivity contribution < 1.29 is 5.11 Å². The van der Waals surface area contributed by atoms with Gasteiger partial charge >= 0.3 is 0 Å². The van der Waals surface area contributed by atoms with Crippen LogP contribution < -0.4 is 5.73 Å². The summed E-state index contributed by atoms with van der Waals surface area (Å²) >= 11 is 5.01. The Labute approximate surface area is 107 Å². The van der Waals surface area contributed by atoms with E-state index in [0.717, 1.165) is 20.5 Å². The van der Waals surface area contributed by atoms with Crippen molar-refractivity contribution in [3.63, 3.8) is 0 Å². The van der Waals surface area contributed by atoms with E-state index in [4.69, 9.17) is 5.73 Å². The van der Waals surface area contributed by atoms with E-state index in [1.165, 1.54) is 0 Å². The number of benzene rings is 1. The minimum atomic E-state index is -0.649. The Balaban J connectivity index is 2.45. The predicted octanol–water partition coefficient (Wildman–Crippen LogP) is 3.48. The second-order valence-electron chi connectivity index (χ2n) is 3.61. The smallest absolute Gasteiger partial charge is 0.107 e. The molecular formula is C12H12BrNOS. The van der Waals surface area contributed by atoms with Crippen LogP contribution in [0.4, 0.5) is 5.69 Å². The van der Waals surface area contributed by atoms with E-state index in [-0.39, 0.29) is 0 Å². The molecule has 1 heterocycles. The van der Waals surface area contributed by atoms with Crippen molar-refractivity contribution in [2.24, 2.45) is 0 Å². The maximum absolute atomic E-state index is 10.3. The largest absolute Gasteiger partial charge is 0.398 e. The van der Waals surface area contributed by atoms with Crippen molar-refractivity contribution in [2.45, 2.75) is 13.0 Å². The van der Waals surface area contributed by atoms with Crippen LogP contribution in [0.25, 0.3) is 0 Å². The quantitative estimate of drug-likeness (QED) is 0.834. The van der Waals surface area contributed by atoms with Crippen LogP contribution in [-0.2, 0) is 0 Å². The van der Waals surface area contributed by atoms with Gasteiger partial charge in [-0.1, -0.05) is 15.9 Å². The second kappa shape index (κ2) is 4.57. The van der Waals surface area contributed by atoms with Crippen molar-refractivity contribution in [1.29, 1.82) is 0 Å². The van der Waals surface area contributed by atoms with E-state index < -0.39 is 6.10 Å². The molecule has 16 heavy (non-hydrogen) atoms. The average molecular weight is 298 g/mol. The molecule has 0 bridgehead atoms. The average Bonchev–Trinajstić information content (AvgIpc) is 2.67. The van der Waals surface area contributed by atoms with Crippen LogP contribution in [0.15, 0.2) is 34.1 Å². The number of aliphatic hydroxyl groups is 1. The van der Waals surface area contributed by atoms with Crippen LogP contribution in [0, 0.1) is 6.92 Å². The zero-order valence-electron chi connectivity index (χ0n) is 8.77. The Morgan fingerprint density at radius 2 is 2.06 bits per heavy atom. The zero-order chi connectivity index (χ0) is 11.7. The molecule has 0 aliphatic carbocycles. The van der Waals surface area contributed by atoms with Gasteiger partial charge < -0.3 is 10.8 Å². The third-order valence-electron chi connectivity index (χ3n) is 2.54. The first-order chi connectivity index (χ1) is 7.59. The molecule has 0 saturated carbocycles. The van der Waals surface area contributed by atoms with Gasteiger partial charge in [0.15, 0.2) is 0 Å². The van der Waals surface area contributed by atoms with Gasteiger partial charge in [-0.3, -0.25) is 0 Å². The maximum Gasteiger partial charge on any atom is 0.107 e. The molecule has 2 aromatic rings. The molecule has 0 radical (unpaired) electrons. The van der Waals surface area contributed by atoms with Crippen molar-refractivity contribution in [3.05, 3.63) is 50.1 Å². The van der Waals surface area contributed by atoms with Gasteiger partial charge in [-0.05, 0) is 42.1 Å². The normalized spacial score (nSPS) is 12.7. The summed E-state index contributed by atoms with van der Waals surface area (Å²) in [6.07, 6.45) is -0.649. The number of halogens is 1. The van der Waals surface area contributed by atoms with E-state index >= 15 is 0 Å². The lowest BCUT2D eigenvalue weighted by Crippen LogP contribution is -2.03. The van der Waals surface area contributed by atoms with Gasteiger partial charge in [0.2, 0.25) is 0 Å². The highest BCUT2D eigenvalue weighted by molar-refractivity contribution is 9.10. The molecule has 0 aliphatic rings. The number of rotatable bonds is 2. The number of hydrogen-bond acceptors (Lipinski definition) is 3. The fourth-order valence-electron chi connectivity index (χ4n) is 1.63. The molecule has 1 atom stereocenters. The van der Waals surface area contributed by atoms with Crippen molar-refractivity contribution in [3.8, 4) is 0 Å². The molecule has 0 aliphatic heterocycles. The maximum atomic E-state index is 10.3. The van der Waals surface area contributed by atoms with Gasteiger partial charge in [-0.25, -0.2) is 0 Å². The van der Waals surface area contributed by atoms with E-state index in [1.807, 2.05) is 30.5 Å². The first-order valence-electron chi connectivity index (χ1n) is 4.86. The number of thiophene rings is 1. The topological polar surface area (TPSA) is 46.2 Å². The molecule has 2 nitrogen and oxygen atoms in total. The van der Waals surface area contributed by atoms with Crippen molar-refractivity contribution in [1.82, 2.24) is 0 Å². The molecule has 4 heteroatoms. The predicted molar refractivity (Wildman–Crippen MR) is 71.7 cm³/mol. The Morgan fingerprint density at radius 1 is 1.31 bits per heavy atom. The summed E-state index contributed by atoms with van der Waals surface area (Å²) in [6, 6.07) is 7.46. The fraction of sp³-hybridized carbons (Fsp3) is 0.167. The lowest BCUT2D eigenvalue weighted by Gasteiger charge is -2.13. The van der Waals surface area contributed by atoms with Crippen molar-refractivity contribution >= 4 is 33.0 Å².